The van der Waals surface area contributed by atoms with Crippen LogP contribution in [0, 0.1) is 0 Å². The third-order valence-corrected chi connectivity index (χ3v) is 5.46. The highest BCUT2D eigenvalue weighted by Gasteiger charge is 2.22. The van der Waals surface area contributed by atoms with Crippen LogP contribution in [0.2, 0.25) is 0 Å². The van der Waals surface area contributed by atoms with Gasteiger partial charge in [-0.25, -0.2) is 0 Å². The van der Waals surface area contributed by atoms with E-state index in [4.69, 9.17) is 12.2 Å². The predicted octanol–water partition coefficient (Wildman–Crippen LogP) is 2.17. The summed E-state index contributed by atoms with van der Waals surface area (Å²) in [5.74, 6) is -0.130. The van der Waals surface area contributed by atoms with Crippen molar-refractivity contribution >= 4 is 52.4 Å². The van der Waals surface area contributed by atoms with Gasteiger partial charge in [-0.2, -0.15) is 0 Å². The SMILES string of the molecule is CNC(=S)NNC(=O)c1sc(SC)c2c1CCC=C2. The van der Waals surface area contributed by atoms with Crippen LogP contribution in [-0.2, 0) is 6.42 Å². The summed E-state index contributed by atoms with van der Waals surface area (Å²) in [5, 5.41) is 3.14. The standard InChI is InChI=1S/C12H15N3OS3/c1-13-12(17)15-14-10(16)9-7-5-3-4-6-8(7)11(18-2)19-9/h4,6H,3,5H2,1-2H3,(H,14,16)(H2,13,15,17). The van der Waals surface area contributed by atoms with Crippen LogP contribution in [0.1, 0.15) is 27.2 Å². The van der Waals surface area contributed by atoms with E-state index < -0.39 is 0 Å². The number of nitrogens with one attached hydrogen (secondary N) is 3. The fraction of sp³-hybridized carbons (Fsp3) is 0.333. The first kappa shape index (κ1) is 14.4. The molecule has 0 atom stereocenters. The lowest BCUT2D eigenvalue weighted by atomic mass is 10.00. The van der Waals surface area contributed by atoms with E-state index in [0.29, 0.717) is 5.11 Å². The molecular weight excluding hydrogens is 298 g/mol. The number of hydrazine groups is 1. The van der Waals surface area contributed by atoms with Crippen LogP contribution in [0.5, 0.6) is 0 Å². The van der Waals surface area contributed by atoms with Crippen molar-refractivity contribution in [1.29, 1.82) is 0 Å². The molecule has 4 nitrogen and oxygen atoms in total. The van der Waals surface area contributed by atoms with Gasteiger partial charge in [-0.3, -0.25) is 15.6 Å². The first-order valence-corrected chi connectivity index (χ1v) is 8.26. The Morgan fingerprint density at radius 3 is 2.95 bits per heavy atom. The number of allylic oxidation sites excluding steroid dienone is 1. The average Bonchev–Trinajstić information content (AvgIpc) is 2.83. The number of rotatable bonds is 2. The van der Waals surface area contributed by atoms with Gasteiger partial charge in [0.25, 0.3) is 5.91 Å². The summed E-state index contributed by atoms with van der Waals surface area (Å²) in [4.78, 5) is 13.0. The van der Waals surface area contributed by atoms with E-state index in [0.717, 1.165) is 23.3 Å². The van der Waals surface area contributed by atoms with Gasteiger partial charge < -0.3 is 5.32 Å². The van der Waals surface area contributed by atoms with Gasteiger partial charge in [0.05, 0.1) is 9.09 Å². The van der Waals surface area contributed by atoms with E-state index in [1.54, 1.807) is 18.8 Å². The van der Waals surface area contributed by atoms with Crippen molar-refractivity contribution in [2.75, 3.05) is 13.3 Å². The molecule has 3 N–H and O–H groups in total. The van der Waals surface area contributed by atoms with Crippen LogP contribution < -0.4 is 16.2 Å². The van der Waals surface area contributed by atoms with Gasteiger partial charge in [-0.05, 0) is 36.9 Å². The zero-order chi connectivity index (χ0) is 13.8. The number of carbonyl (C=O) groups is 1. The largest absolute Gasteiger partial charge is 0.364 e. The number of hydrogen-bond acceptors (Lipinski definition) is 4. The lowest BCUT2D eigenvalue weighted by molar-refractivity contribution is 0.0947. The van der Waals surface area contributed by atoms with Gasteiger partial charge in [-0.15, -0.1) is 23.1 Å². The molecule has 1 aliphatic carbocycles. The van der Waals surface area contributed by atoms with Crippen LogP contribution in [-0.4, -0.2) is 24.3 Å². The van der Waals surface area contributed by atoms with Gasteiger partial charge in [0.2, 0.25) is 0 Å². The van der Waals surface area contributed by atoms with E-state index >= 15 is 0 Å². The Balaban J connectivity index is 2.20. The Bertz CT molecular complexity index is 537. The molecule has 0 aliphatic heterocycles. The molecular formula is C12H15N3OS3. The molecule has 0 aromatic carbocycles. The molecule has 2 rings (SSSR count). The smallest absolute Gasteiger partial charge is 0.280 e. The molecule has 0 saturated heterocycles. The summed E-state index contributed by atoms with van der Waals surface area (Å²) in [5.41, 5.74) is 7.63. The minimum absolute atomic E-state index is 0.130. The van der Waals surface area contributed by atoms with Crippen molar-refractivity contribution in [1.82, 2.24) is 16.2 Å². The highest BCUT2D eigenvalue weighted by molar-refractivity contribution is 8.00. The van der Waals surface area contributed by atoms with Crippen molar-refractivity contribution in [3.63, 3.8) is 0 Å². The molecule has 102 valence electrons. The lowest BCUT2D eigenvalue weighted by Crippen LogP contribution is -2.45. The maximum atomic E-state index is 12.2. The van der Waals surface area contributed by atoms with E-state index in [-0.39, 0.29) is 5.91 Å². The molecule has 0 radical (unpaired) electrons. The summed E-state index contributed by atoms with van der Waals surface area (Å²) < 4.78 is 1.19. The topological polar surface area (TPSA) is 53.2 Å². The lowest BCUT2D eigenvalue weighted by Gasteiger charge is -2.10. The second-order valence-electron chi connectivity index (χ2n) is 3.91. The Labute approximate surface area is 126 Å². The minimum atomic E-state index is -0.130. The molecule has 1 heterocycles. The quantitative estimate of drug-likeness (QED) is 0.444. The summed E-state index contributed by atoms with van der Waals surface area (Å²) in [7, 11) is 1.70. The second-order valence-corrected chi connectivity index (χ2v) is 6.42. The molecule has 0 saturated carbocycles. The van der Waals surface area contributed by atoms with Gasteiger partial charge in [-0.1, -0.05) is 12.2 Å². The zero-order valence-corrected chi connectivity index (χ0v) is 13.2. The summed E-state index contributed by atoms with van der Waals surface area (Å²) in [6, 6.07) is 0. The van der Waals surface area contributed by atoms with Crippen LogP contribution in [0.3, 0.4) is 0 Å². The summed E-state index contributed by atoms with van der Waals surface area (Å²) >= 11 is 8.14. The van der Waals surface area contributed by atoms with Crippen LogP contribution in [0.15, 0.2) is 10.3 Å². The molecule has 7 heteroatoms. The Morgan fingerprint density at radius 2 is 2.26 bits per heavy atom. The zero-order valence-electron chi connectivity index (χ0n) is 10.7. The molecule has 0 bridgehead atoms. The van der Waals surface area contributed by atoms with Crippen molar-refractivity contribution in [2.24, 2.45) is 0 Å². The predicted molar refractivity (Wildman–Crippen MR) is 85.7 cm³/mol. The van der Waals surface area contributed by atoms with Gasteiger partial charge in [0.1, 0.15) is 0 Å². The number of carbonyl (C=O) groups excluding carboxylic acids is 1. The fourth-order valence-corrected chi connectivity index (χ4v) is 3.88. The Hall–Kier alpha value is -1.05. The maximum absolute atomic E-state index is 12.2. The van der Waals surface area contributed by atoms with Crippen LogP contribution >= 0.6 is 35.3 Å². The van der Waals surface area contributed by atoms with Crippen LogP contribution in [0.25, 0.3) is 6.08 Å². The fourth-order valence-electron chi connectivity index (χ4n) is 1.87. The first-order chi connectivity index (χ1) is 9.17. The molecule has 1 aliphatic rings. The summed E-state index contributed by atoms with van der Waals surface area (Å²) in [6.45, 7) is 0. The molecule has 1 aromatic rings. The number of thiocarbonyl (C=S) groups is 1. The molecule has 0 unspecified atom stereocenters. The molecule has 0 spiro atoms. The number of hydrogen-bond donors (Lipinski definition) is 3. The van der Waals surface area contributed by atoms with Gasteiger partial charge in [0.15, 0.2) is 5.11 Å². The van der Waals surface area contributed by atoms with Crippen molar-refractivity contribution in [3.05, 3.63) is 22.1 Å². The van der Waals surface area contributed by atoms with Gasteiger partial charge in [0, 0.05) is 12.6 Å². The van der Waals surface area contributed by atoms with Crippen molar-refractivity contribution in [3.8, 4) is 0 Å². The van der Waals surface area contributed by atoms with E-state index in [9.17, 15) is 4.79 Å². The van der Waals surface area contributed by atoms with E-state index in [1.807, 2.05) is 6.26 Å². The summed E-state index contributed by atoms with van der Waals surface area (Å²) in [6.07, 6.45) is 8.21. The van der Waals surface area contributed by atoms with E-state index in [1.165, 1.54) is 21.1 Å². The number of amides is 1. The van der Waals surface area contributed by atoms with Gasteiger partial charge >= 0.3 is 0 Å². The number of thiophene rings is 1. The molecule has 19 heavy (non-hydrogen) atoms. The second kappa shape index (κ2) is 6.40. The minimum Gasteiger partial charge on any atom is -0.364 e. The van der Waals surface area contributed by atoms with Crippen molar-refractivity contribution in [2.45, 2.75) is 17.1 Å². The first-order valence-electron chi connectivity index (χ1n) is 5.81. The monoisotopic (exact) mass is 313 g/mol. The number of thioether (sulfide) groups is 1. The average molecular weight is 313 g/mol. The Morgan fingerprint density at radius 1 is 1.47 bits per heavy atom. The normalized spacial score (nSPS) is 12.7. The molecule has 0 fully saturated rings. The van der Waals surface area contributed by atoms with Crippen LogP contribution in [0.4, 0.5) is 0 Å². The van der Waals surface area contributed by atoms with Crippen molar-refractivity contribution < 1.29 is 4.79 Å². The molecule has 1 aromatic heterocycles. The maximum Gasteiger partial charge on any atom is 0.280 e. The number of fused-ring (bicyclic) bond motifs is 1. The van der Waals surface area contributed by atoms with E-state index in [2.05, 4.69) is 28.3 Å². The third kappa shape index (κ3) is 3.10. The third-order valence-electron chi connectivity index (χ3n) is 2.77. The Kier molecular flexibility index (Phi) is 4.84. The molecule has 1 amide bonds. The highest BCUT2D eigenvalue weighted by atomic mass is 32.2. The highest BCUT2D eigenvalue weighted by Crippen LogP contribution is 2.38.